The van der Waals surface area contributed by atoms with Crippen molar-refractivity contribution in [1.29, 1.82) is 0 Å². The highest BCUT2D eigenvalue weighted by molar-refractivity contribution is 5.28. The molecule has 5 heteroatoms. The van der Waals surface area contributed by atoms with Gasteiger partial charge >= 0.3 is 0 Å². The molecular weight excluding hydrogens is 338 g/mol. The highest BCUT2D eigenvalue weighted by atomic mass is 16.5. The van der Waals surface area contributed by atoms with Crippen LogP contribution in [-0.2, 0) is 19.6 Å². The second kappa shape index (κ2) is 9.38. The maximum absolute atomic E-state index is 10.1. The first kappa shape index (κ1) is 19.9. The molecule has 0 radical (unpaired) electrons. The first-order valence-corrected chi connectivity index (χ1v) is 10.2. The minimum Gasteiger partial charge on any atom is -0.494 e. The summed E-state index contributed by atoms with van der Waals surface area (Å²) in [4.78, 5) is 2.45. The van der Waals surface area contributed by atoms with Gasteiger partial charge in [-0.3, -0.25) is 9.58 Å². The van der Waals surface area contributed by atoms with Crippen LogP contribution in [0.5, 0.6) is 5.75 Å². The van der Waals surface area contributed by atoms with Gasteiger partial charge in [0.2, 0.25) is 0 Å². The molecule has 1 atom stereocenters. The van der Waals surface area contributed by atoms with E-state index in [1.54, 1.807) is 0 Å². The molecule has 0 saturated carbocycles. The lowest BCUT2D eigenvalue weighted by Gasteiger charge is -2.20. The van der Waals surface area contributed by atoms with Gasteiger partial charge in [0, 0.05) is 26.2 Å². The fraction of sp³-hybridized carbons (Fsp3) is 0.591. The van der Waals surface area contributed by atoms with Gasteiger partial charge in [0.05, 0.1) is 24.1 Å². The van der Waals surface area contributed by atoms with Crippen LogP contribution in [0.2, 0.25) is 0 Å². The van der Waals surface area contributed by atoms with E-state index in [-0.39, 0.29) is 0 Å². The van der Waals surface area contributed by atoms with E-state index in [2.05, 4.69) is 52.8 Å². The maximum atomic E-state index is 10.1. The number of aromatic nitrogens is 2. The van der Waals surface area contributed by atoms with E-state index in [0.29, 0.717) is 12.3 Å². The zero-order valence-electron chi connectivity index (χ0n) is 16.9. The zero-order chi connectivity index (χ0) is 19.2. The Balaban J connectivity index is 1.63. The van der Waals surface area contributed by atoms with Crippen molar-refractivity contribution in [3.05, 3.63) is 47.3 Å². The van der Waals surface area contributed by atoms with Crippen molar-refractivity contribution in [2.24, 2.45) is 5.92 Å². The van der Waals surface area contributed by atoms with Gasteiger partial charge < -0.3 is 9.84 Å². The molecule has 1 aliphatic heterocycles. The summed E-state index contributed by atoms with van der Waals surface area (Å²) in [6, 6.07) is 10.5. The molecule has 27 heavy (non-hydrogen) atoms. The van der Waals surface area contributed by atoms with Crippen molar-refractivity contribution in [2.75, 3.05) is 13.2 Å². The Morgan fingerprint density at radius 3 is 2.85 bits per heavy atom. The average Bonchev–Trinajstić information content (AvgIpc) is 2.94. The van der Waals surface area contributed by atoms with E-state index < -0.39 is 6.10 Å². The van der Waals surface area contributed by atoms with Gasteiger partial charge in [0.25, 0.3) is 0 Å². The number of nitrogens with zero attached hydrogens (tertiary/aromatic N) is 3. The van der Waals surface area contributed by atoms with Gasteiger partial charge in [-0.25, -0.2) is 0 Å². The lowest BCUT2D eigenvalue weighted by molar-refractivity contribution is 0.167. The third-order valence-electron chi connectivity index (χ3n) is 5.11. The van der Waals surface area contributed by atoms with E-state index in [1.165, 1.54) is 11.3 Å². The molecule has 1 unspecified atom stereocenters. The quantitative estimate of drug-likeness (QED) is 0.757. The molecule has 1 aromatic carbocycles. The minimum absolute atomic E-state index is 0.461. The summed E-state index contributed by atoms with van der Waals surface area (Å²) in [5.41, 5.74) is 3.27. The largest absolute Gasteiger partial charge is 0.494 e. The first-order valence-electron chi connectivity index (χ1n) is 10.2. The lowest BCUT2D eigenvalue weighted by atomic mass is 10.1. The summed E-state index contributed by atoms with van der Waals surface area (Å²) >= 11 is 0. The fourth-order valence-electron chi connectivity index (χ4n) is 3.46. The van der Waals surface area contributed by atoms with Crippen LogP contribution in [0.15, 0.2) is 30.3 Å². The van der Waals surface area contributed by atoms with E-state index in [4.69, 9.17) is 4.74 Å². The van der Waals surface area contributed by atoms with Crippen LogP contribution < -0.4 is 4.74 Å². The molecule has 3 rings (SSSR count). The van der Waals surface area contributed by atoms with Crippen LogP contribution in [-0.4, -0.2) is 32.9 Å². The second-order valence-corrected chi connectivity index (χ2v) is 7.95. The average molecular weight is 372 g/mol. The van der Waals surface area contributed by atoms with E-state index in [1.807, 2.05) is 13.0 Å². The molecule has 1 aromatic heterocycles. The Labute approximate surface area is 163 Å². The number of fused-ring (bicyclic) bond motifs is 1. The molecule has 0 fully saturated rings. The van der Waals surface area contributed by atoms with Gasteiger partial charge in [0.1, 0.15) is 5.75 Å². The molecule has 0 bridgehead atoms. The predicted octanol–water partition coefficient (Wildman–Crippen LogP) is 4.16. The molecule has 0 aliphatic carbocycles. The Morgan fingerprint density at radius 2 is 2.07 bits per heavy atom. The second-order valence-electron chi connectivity index (χ2n) is 7.95. The first-order chi connectivity index (χ1) is 13.0. The Kier molecular flexibility index (Phi) is 6.91. The molecule has 0 amide bonds. The molecular formula is C22H33N3O2. The summed E-state index contributed by atoms with van der Waals surface area (Å²) in [6.45, 7) is 10.9. The van der Waals surface area contributed by atoms with Crippen LogP contribution in [0.25, 0.3) is 0 Å². The molecule has 1 aliphatic rings. The topological polar surface area (TPSA) is 50.5 Å². The van der Waals surface area contributed by atoms with Crippen molar-refractivity contribution in [1.82, 2.24) is 14.7 Å². The maximum Gasteiger partial charge on any atom is 0.119 e. The van der Waals surface area contributed by atoms with Gasteiger partial charge in [-0.2, -0.15) is 5.10 Å². The number of aliphatic hydroxyl groups is 1. The molecule has 2 heterocycles. The van der Waals surface area contributed by atoms with Crippen molar-refractivity contribution < 1.29 is 9.84 Å². The summed E-state index contributed by atoms with van der Waals surface area (Å²) < 4.78 is 7.98. The predicted molar refractivity (Wildman–Crippen MR) is 108 cm³/mol. The number of hydrogen-bond acceptors (Lipinski definition) is 4. The normalized spacial score (nSPS) is 16.2. The summed E-state index contributed by atoms with van der Waals surface area (Å²) in [7, 11) is 0. The number of rotatable bonds is 8. The highest BCUT2D eigenvalue weighted by Gasteiger charge is 2.19. The van der Waals surface area contributed by atoms with E-state index in [9.17, 15) is 5.11 Å². The number of ether oxygens (including phenoxy) is 1. The van der Waals surface area contributed by atoms with Crippen LogP contribution in [0.4, 0.5) is 0 Å². The summed E-state index contributed by atoms with van der Waals surface area (Å²) in [6.07, 6.45) is 2.38. The van der Waals surface area contributed by atoms with Gasteiger partial charge in [-0.05, 0) is 48.9 Å². The van der Waals surface area contributed by atoms with Crippen molar-refractivity contribution in [2.45, 2.75) is 65.8 Å². The molecule has 5 nitrogen and oxygen atoms in total. The molecule has 2 aromatic rings. The zero-order valence-corrected chi connectivity index (χ0v) is 16.9. The van der Waals surface area contributed by atoms with Crippen LogP contribution in [0.1, 0.15) is 63.1 Å². The molecule has 0 spiro atoms. The number of hydrogen-bond donors (Lipinski definition) is 1. The van der Waals surface area contributed by atoms with Gasteiger partial charge in [-0.1, -0.05) is 32.9 Å². The third-order valence-corrected chi connectivity index (χ3v) is 5.11. The summed E-state index contributed by atoms with van der Waals surface area (Å²) in [5, 5.41) is 14.7. The Bertz CT molecular complexity index is 726. The molecule has 0 saturated heterocycles. The SMILES string of the molecule is CCC(O)c1cc2n(n1)CCCN(Cc1cccc(OCCC(C)C)c1)C2. The summed E-state index contributed by atoms with van der Waals surface area (Å²) in [5.74, 6) is 1.62. The monoisotopic (exact) mass is 371 g/mol. The smallest absolute Gasteiger partial charge is 0.119 e. The van der Waals surface area contributed by atoms with Crippen molar-refractivity contribution >= 4 is 0 Å². The lowest BCUT2D eigenvalue weighted by Crippen LogP contribution is -2.22. The van der Waals surface area contributed by atoms with E-state index in [0.717, 1.165) is 57.1 Å². The van der Waals surface area contributed by atoms with Crippen molar-refractivity contribution in [3.8, 4) is 5.75 Å². The number of aliphatic hydroxyl groups excluding tert-OH is 1. The van der Waals surface area contributed by atoms with Gasteiger partial charge in [0.15, 0.2) is 0 Å². The minimum atomic E-state index is -0.461. The van der Waals surface area contributed by atoms with Crippen molar-refractivity contribution in [3.63, 3.8) is 0 Å². The van der Waals surface area contributed by atoms with E-state index >= 15 is 0 Å². The van der Waals surface area contributed by atoms with Gasteiger partial charge in [-0.15, -0.1) is 0 Å². The Morgan fingerprint density at radius 1 is 1.22 bits per heavy atom. The highest BCUT2D eigenvalue weighted by Crippen LogP contribution is 2.22. The standard InChI is InChI=1S/C22H33N3O2/c1-4-22(26)21-14-19-16-24(10-6-11-25(19)23-21)15-18-7-5-8-20(13-18)27-12-9-17(2)3/h5,7-8,13-14,17,22,26H,4,6,9-12,15-16H2,1-3H3. The number of benzene rings is 1. The van der Waals surface area contributed by atoms with Crippen LogP contribution >= 0.6 is 0 Å². The Hall–Kier alpha value is -1.85. The molecule has 148 valence electrons. The van der Waals surface area contributed by atoms with Crippen LogP contribution in [0, 0.1) is 5.92 Å². The third kappa shape index (κ3) is 5.56. The fourth-order valence-corrected chi connectivity index (χ4v) is 3.46. The number of aryl methyl sites for hydroxylation is 1. The molecule has 1 N–H and O–H groups in total. The van der Waals surface area contributed by atoms with Crippen LogP contribution in [0.3, 0.4) is 0 Å².